The Balaban J connectivity index is 2.54. The van der Waals surface area contributed by atoms with Crippen molar-refractivity contribution in [2.45, 2.75) is 32.7 Å². The van der Waals surface area contributed by atoms with Crippen molar-refractivity contribution in [2.75, 3.05) is 13.1 Å². The number of hydrogen-bond acceptors (Lipinski definition) is 2. The van der Waals surface area contributed by atoms with E-state index in [1.807, 2.05) is 0 Å². The predicted octanol–water partition coefficient (Wildman–Crippen LogP) is 1.49. The maximum absolute atomic E-state index is 4.58. The lowest BCUT2D eigenvalue weighted by Gasteiger charge is -2.20. The Morgan fingerprint density at radius 1 is 1.54 bits per heavy atom. The van der Waals surface area contributed by atoms with E-state index >= 15 is 0 Å². The van der Waals surface area contributed by atoms with Gasteiger partial charge in [-0.2, -0.15) is 0 Å². The van der Waals surface area contributed by atoms with Gasteiger partial charge in [0.15, 0.2) is 0 Å². The van der Waals surface area contributed by atoms with E-state index in [1.165, 1.54) is 12.8 Å². The van der Waals surface area contributed by atoms with Gasteiger partial charge in [0.05, 0.1) is 6.04 Å². The average molecular weight is 181 g/mol. The zero-order valence-corrected chi connectivity index (χ0v) is 8.58. The van der Waals surface area contributed by atoms with Gasteiger partial charge in [-0.1, -0.05) is 13.8 Å². The van der Waals surface area contributed by atoms with Gasteiger partial charge in [0.25, 0.3) is 0 Å². The molecule has 1 rings (SSSR count). The molecule has 74 valence electrons. The third-order valence-electron chi connectivity index (χ3n) is 2.26. The Bertz CT molecular complexity index is 190. The number of aliphatic imine (C=N–C) groups is 2. The number of rotatable bonds is 2. The van der Waals surface area contributed by atoms with Crippen LogP contribution in [0.2, 0.25) is 0 Å². The molecule has 0 radical (unpaired) electrons. The molecular weight excluding hydrogens is 162 g/mol. The number of nitrogens with one attached hydrogen (secondary N) is 1. The first-order valence-corrected chi connectivity index (χ1v) is 4.99. The molecule has 1 saturated heterocycles. The zero-order valence-electron chi connectivity index (χ0n) is 8.58. The van der Waals surface area contributed by atoms with E-state index in [9.17, 15) is 0 Å². The largest absolute Gasteiger partial charge is 0.315 e. The summed E-state index contributed by atoms with van der Waals surface area (Å²) in [6, 6.07) is 0.414. The molecule has 1 aliphatic rings. The number of piperidine rings is 1. The van der Waals surface area contributed by atoms with Gasteiger partial charge in [0, 0.05) is 12.5 Å². The summed E-state index contributed by atoms with van der Waals surface area (Å²) in [4.78, 5) is 8.53. The van der Waals surface area contributed by atoms with Crippen LogP contribution in [0.5, 0.6) is 0 Å². The van der Waals surface area contributed by atoms with Gasteiger partial charge in [-0.25, -0.2) is 4.99 Å². The lowest BCUT2D eigenvalue weighted by Crippen LogP contribution is -2.33. The highest BCUT2D eigenvalue weighted by atomic mass is 15.0. The van der Waals surface area contributed by atoms with Crippen LogP contribution in [0.3, 0.4) is 0 Å². The standard InChI is InChI=1S/C10H19N3/c1-8(2)10(11-3)13-9-5-4-6-12-7-9/h8-9,12H,3-7H2,1-2H3. The fourth-order valence-electron chi connectivity index (χ4n) is 1.50. The topological polar surface area (TPSA) is 36.8 Å². The van der Waals surface area contributed by atoms with Crippen LogP contribution in [0.15, 0.2) is 9.98 Å². The third kappa shape index (κ3) is 3.27. The summed E-state index contributed by atoms with van der Waals surface area (Å²) in [5.74, 6) is 1.29. The van der Waals surface area contributed by atoms with Crippen LogP contribution in [0.4, 0.5) is 0 Å². The third-order valence-corrected chi connectivity index (χ3v) is 2.26. The van der Waals surface area contributed by atoms with E-state index in [2.05, 4.69) is 35.9 Å². The lowest BCUT2D eigenvalue weighted by atomic mass is 10.1. The Morgan fingerprint density at radius 3 is 2.77 bits per heavy atom. The fraction of sp³-hybridized carbons (Fsp3) is 0.800. The van der Waals surface area contributed by atoms with Gasteiger partial charge in [0.2, 0.25) is 0 Å². The molecule has 1 unspecified atom stereocenters. The van der Waals surface area contributed by atoms with Crippen molar-refractivity contribution in [3.8, 4) is 0 Å². The van der Waals surface area contributed by atoms with E-state index in [0.29, 0.717) is 12.0 Å². The number of amidine groups is 1. The summed E-state index contributed by atoms with van der Waals surface area (Å²) in [6.45, 7) is 9.87. The highest BCUT2D eigenvalue weighted by Crippen LogP contribution is 2.08. The van der Waals surface area contributed by atoms with Gasteiger partial charge < -0.3 is 5.32 Å². The Hall–Kier alpha value is -0.700. The van der Waals surface area contributed by atoms with E-state index in [4.69, 9.17) is 0 Å². The molecule has 0 amide bonds. The second-order valence-electron chi connectivity index (χ2n) is 3.80. The minimum absolute atomic E-state index is 0.388. The molecule has 0 aromatic carbocycles. The zero-order chi connectivity index (χ0) is 9.68. The first-order valence-electron chi connectivity index (χ1n) is 4.99. The first kappa shape index (κ1) is 10.4. The van der Waals surface area contributed by atoms with E-state index in [1.54, 1.807) is 0 Å². The monoisotopic (exact) mass is 181 g/mol. The minimum Gasteiger partial charge on any atom is -0.315 e. The van der Waals surface area contributed by atoms with Crippen molar-refractivity contribution >= 4 is 12.6 Å². The van der Waals surface area contributed by atoms with Crippen molar-refractivity contribution in [1.29, 1.82) is 0 Å². The van der Waals surface area contributed by atoms with E-state index < -0.39 is 0 Å². The Morgan fingerprint density at radius 2 is 2.31 bits per heavy atom. The van der Waals surface area contributed by atoms with Crippen LogP contribution < -0.4 is 5.32 Å². The quantitative estimate of drug-likeness (QED) is 0.508. The minimum atomic E-state index is 0.388. The highest BCUT2D eigenvalue weighted by Gasteiger charge is 2.13. The van der Waals surface area contributed by atoms with Crippen LogP contribution >= 0.6 is 0 Å². The Labute approximate surface area is 80.4 Å². The molecule has 0 aliphatic carbocycles. The molecule has 1 aliphatic heterocycles. The number of hydrogen-bond donors (Lipinski definition) is 1. The summed E-state index contributed by atoms with van der Waals surface area (Å²) >= 11 is 0. The molecule has 0 bridgehead atoms. The van der Waals surface area contributed by atoms with Crippen molar-refractivity contribution in [1.82, 2.24) is 5.32 Å². The highest BCUT2D eigenvalue weighted by molar-refractivity contribution is 5.87. The van der Waals surface area contributed by atoms with Crippen molar-refractivity contribution < 1.29 is 0 Å². The van der Waals surface area contributed by atoms with Gasteiger partial charge in [-0.15, -0.1) is 0 Å². The lowest BCUT2D eigenvalue weighted by molar-refractivity contribution is 0.459. The second kappa shape index (κ2) is 5.12. The van der Waals surface area contributed by atoms with Gasteiger partial charge in [0.1, 0.15) is 5.84 Å². The van der Waals surface area contributed by atoms with Gasteiger partial charge >= 0.3 is 0 Å². The Kier molecular flexibility index (Phi) is 4.09. The molecule has 13 heavy (non-hydrogen) atoms. The molecule has 3 heteroatoms. The second-order valence-corrected chi connectivity index (χ2v) is 3.80. The summed E-state index contributed by atoms with van der Waals surface area (Å²) in [7, 11) is 0. The van der Waals surface area contributed by atoms with Crippen LogP contribution in [-0.2, 0) is 0 Å². The van der Waals surface area contributed by atoms with Crippen molar-refractivity contribution in [2.24, 2.45) is 15.9 Å². The van der Waals surface area contributed by atoms with Gasteiger partial charge in [-0.3, -0.25) is 4.99 Å². The molecule has 0 spiro atoms. The molecule has 0 aromatic heterocycles. The molecule has 0 aromatic rings. The molecule has 1 heterocycles. The molecule has 1 atom stereocenters. The number of nitrogens with zero attached hydrogens (tertiary/aromatic N) is 2. The average Bonchev–Trinajstić information content (AvgIpc) is 2.15. The molecule has 0 saturated carbocycles. The molecule has 3 nitrogen and oxygen atoms in total. The van der Waals surface area contributed by atoms with E-state index in [-0.39, 0.29) is 0 Å². The van der Waals surface area contributed by atoms with Crippen LogP contribution in [-0.4, -0.2) is 31.7 Å². The summed E-state index contributed by atoms with van der Waals surface area (Å²) < 4.78 is 0. The smallest absolute Gasteiger partial charge is 0.125 e. The van der Waals surface area contributed by atoms with Gasteiger partial charge in [-0.05, 0) is 26.1 Å². The SMILES string of the molecule is C=NC(=NC1CCCNC1)C(C)C. The van der Waals surface area contributed by atoms with Crippen LogP contribution in [0, 0.1) is 5.92 Å². The van der Waals surface area contributed by atoms with Crippen molar-refractivity contribution in [3.05, 3.63) is 0 Å². The van der Waals surface area contributed by atoms with Crippen molar-refractivity contribution in [3.63, 3.8) is 0 Å². The normalized spacial score (nSPS) is 24.8. The fourth-order valence-corrected chi connectivity index (χ4v) is 1.50. The summed E-state index contributed by atoms with van der Waals surface area (Å²) in [5.41, 5.74) is 0. The maximum Gasteiger partial charge on any atom is 0.125 e. The van der Waals surface area contributed by atoms with E-state index in [0.717, 1.165) is 18.9 Å². The maximum atomic E-state index is 4.58. The van der Waals surface area contributed by atoms with Crippen LogP contribution in [0.1, 0.15) is 26.7 Å². The molecular formula is C10H19N3. The summed E-state index contributed by atoms with van der Waals surface area (Å²) in [6.07, 6.45) is 2.40. The summed E-state index contributed by atoms with van der Waals surface area (Å²) in [5, 5.41) is 3.33. The van der Waals surface area contributed by atoms with Crippen LogP contribution in [0.25, 0.3) is 0 Å². The predicted molar refractivity (Wildman–Crippen MR) is 57.7 cm³/mol. The first-order chi connectivity index (χ1) is 6.24. The molecule has 1 N–H and O–H groups in total. The molecule has 1 fully saturated rings.